The van der Waals surface area contributed by atoms with Gasteiger partial charge in [0.2, 0.25) is 5.82 Å². The van der Waals surface area contributed by atoms with E-state index in [1.165, 1.54) is 18.3 Å². The average Bonchev–Trinajstić information content (AvgIpc) is 2.42. The number of anilines is 2. The third kappa shape index (κ3) is 3.19. The zero-order chi connectivity index (χ0) is 13.7. The Morgan fingerprint density at radius 3 is 2.68 bits per heavy atom. The van der Waals surface area contributed by atoms with Crippen LogP contribution in [0.2, 0.25) is 0 Å². The van der Waals surface area contributed by atoms with Crippen LogP contribution in [0.3, 0.4) is 0 Å². The quantitative estimate of drug-likeness (QED) is 0.399. The van der Waals surface area contributed by atoms with Crippen molar-refractivity contribution in [3.63, 3.8) is 0 Å². The highest BCUT2D eigenvalue weighted by Crippen LogP contribution is 2.25. The zero-order valence-corrected chi connectivity index (χ0v) is 10.4. The molecular weight excluding hydrogens is 264 g/mol. The van der Waals surface area contributed by atoms with Gasteiger partial charge in [0.1, 0.15) is 0 Å². The smallest absolute Gasteiger partial charge is 0.311 e. The molecule has 6 nitrogen and oxygen atoms in total. The van der Waals surface area contributed by atoms with Gasteiger partial charge in [0.15, 0.2) is 0 Å². The molecule has 1 N–H and O–H groups in total. The van der Waals surface area contributed by atoms with Gasteiger partial charge >= 0.3 is 5.69 Å². The molecule has 1 aromatic carbocycles. The van der Waals surface area contributed by atoms with Gasteiger partial charge in [-0.1, -0.05) is 0 Å². The van der Waals surface area contributed by atoms with Crippen LogP contribution in [0, 0.1) is 10.1 Å². The second kappa shape index (κ2) is 5.81. The van der Waals surface area contributed by atoms with Gasteiger partial charge in [0.05, 0.1) is 15.8 Å². The molecule has 0 bridgehead atoms. The summed E-state index contributed by atoms with van der Waals surface area (Å²) in [5, 5.41) is 16.0. The Labute approximate surface area is 114 Å². The maximum absolute atomic E-state index is 10.8. The van der Waals surface area contributed by atoms with Crippen molar-refractivity contribution in [2.75, 3.05) is 5.32 Å². The molecule has 0 aliphatic heterocycles. The Hall–Kier alpha value is -2.63. The van der Waals surface area contributed by atoms with Crippen LogP contribution in [0.15, 0.2) is 47.6 Å². The van der Waals surface area contributed by atoms with Crippen molar-refractivity contribution in [2.45, 2.75) is 0 Å². The van der Waals surface area contributed by atoms with Crippen molar-refractivity contribution in [3.8, 4) is 0 Å². The second-order valence-electron chi connectivity index (χ2n) is 3.50. The van der Waals surface area contributed by atoms with E-state index in [0.29, 0.717) is 11.4 Å². The van der Waals surface area contributed by atoms with Crippen LogP contribution in [0.5, 0.6) is 0 Å². The molecular formula is C12H8N4O2S. The Kier molecular flexibility index (Phi) is 3.92. The van der Waals surface area contributed by atoms with Gasteiger partial charge in [-0.05, 0) is 42.5 Å². The van der Waals surface area contributed by atoms with Gasteiger partial charge in [0, 0.05) is 18.0 Å². The van der Waals surface area contributed by atoms with Crippen molar-refractivity contribution in [1.29, 1.82) is 0 Å². The molecule has 0 saturated heterocycles. The SMILES string of the molecule is O=[N+]([O-])c1cccnc1Nc1ccc(N=C=S)cc1. The maximum Gasteiger partial charge on any atom is 0.311 e. The van der Waals surface area contributed by atoms with Crippen molar-refractivity contribution in [2.24, 2.45) is 4.99 Å². The van der Waals surface area contributed by atoms with Gasteiger partial charge in [-0.2, -0.15) is 4.99 Å². The summed E-state index contributed by atoms with van der Waals surface area (Å²) < 4.78 is 0. The molecule has 0 radical (unpaired) electrons. The van der Waals surface area contributed by atoms with E-state index in [1.54, 1.807) is 24.3 Å². The number of nitrogens with zero attached hydrogens (tertiary/aromatic N) is 3. The number of aliphatic imine (C=N–C) groups is 1. The van der Waals surface area contributed by atoms with Gasteiger partial charge in [-0.3, -0.25) is 10.1 Å². The summed E-state index contributed by atoms with van der Waals surface area (Å²) in [6.45, 7) is 0. The normalized spacial score (nSPS) is 9.47. The topological polar surface area (TPSA) is 80.4 Å². The second-order valence-corrected chi connectivity index (χ2v) is 3.69. The summed E-state index contributed by atoms with van der Waals surface area (Å²) in [5.74, 6) is 0.193. The van der Waals surface area contributed by atoms with Crippen molar-refractivity contribution < 1.29 is 4.92 Å². The summed E-state index contributed by atoms with van der Waals surface area (Å²) in [6.07, 6.45) is 1.49. The lowest BCUT2D eigenvalue weighted by Gasteiger charge is -2.05. The summed E-state index contributed by atoms with van der Waals surface area (Å²) in [5.41, 5.74) is 1.25. The zero-order valence-electron chi connectivity index (χ0n) is 9.61. The van der Waals surface area contributed by atoms with Crippen LogP contribution in [-0.2, 0) is 0 Å². The first kappa shape index (κ1) is 12.8. The Morgan fingerprint density at radius 2 is 2.05 bits per heavy atom. The third-order valence-corrected chi connectivity index (χ3v) is 2.38. The first-order valence-corrected chi connectivity index (χ1v) is 5.66. The number of hydrogen-bond acceptors (Lipinski definition) is 6. The highest BCUT2D eigenvalue weighted by atomic mass is 32.1. The number of pyridine rings is 1. The predicted octanol–water partition coefficient (Wildman–Crippen LogP) is 3.47. The number of nitrogens with one attached hydrogen (secondary N) is 1. The molecule has 0 saturated carbocycles. The Bertz CT molecular complexity index is 651. The number of rotatable bonds is 4. The number of nitro groups is 1. The van der Waals surface area contributed by atoms with E-state index in [1.807, 2.05) is 0 Å². The molecule has 1 heterocycles. The van der Waals surface area contributed by atoms with Gasteiger partial charge in [0.25, 0.3) is 0 Å². The van der Waals surface area contributed by atoms with Crippen LogP contribution >= 0.6 is 12.2 Å². The average molecular weight is 272 g/mol. The fourth-order valence-electron chi connectivity index (χ4n) is 1.45. The van der Waals surface area contributed by atoms with E-state index < -0.39 is 4.92 Å². The minimum absolute atomic E-state index is 0.0801. The summed E-state index contributed by atoms with van der Waals surface area (Å²) in [7, 11) is 0. The fraction of sp³-hybridized carbons (Fsp3) is 0. The number of hydrogen-bond donors (Lipinski definition) is 1. The molecule has 2 rings (SSSR count). The molecule has 7 heteroatoms. The molecule has 0 spiro atoms. The summed E-state index contributed by atoms with van der Waals surface area (Å²) >= 11 is 4.50. The van der Waals surface area contributed by atoms with Crippen LogP contribution in [-0.4, -0.2) is 15.1 Å². The van der Waals surface area contributed by atoms with E-state index in [4.69, 9.17) is 0 Å². The van der Waals surface area contributed by atoms with E-state index >= 15 is 0 Å². The van der Waals surface area contributed by atoms with E-state index in [0.717, 1.165) is 0 Å². The Balaban J connectivity index is 2.26. The van der Waals surface area contributed by atoms with Crippen molar-refractivity contribution in [1.82, 2.24) is 4.98 Å². The lowest BCUT2D eigenvalue weighted by Crippen LogP contribution is -1.98. The molecule has 1 aromatic heterocycles. The molecule has 0 unspecified atom stereocenters. The lowest BCUT2D eigenvalue weighted by atomic mass is 10.3. The molecule has 2 aromatic rings. The van der Waals surface area contributed by atoms with Crippen LogP contribution in [0.25, 0.3) is 0 Å². The molecule has 0 aliphatic rings. The van der Waals surface area contributed by atoms with Gasteiger partial charge < -0.3 is 5.32 Å². The monoisotopic (exact) mass is 272 g/mol. The van der Waals surface area contributed by atoms with Gasteiger partial charge in [-0.15, -0.1) is 0 Å². The Morgan fingerprint density at radius 1 is 1.32 bits per heavy atom. The minimum Gasteiger partial charge on any atom is -0.334 e. The third-order valence-electron chi connectivity index (χ3n) is 2.29. The minimum atomic E-state index is -0.486. The number of benzene rings is 1. The van der Waals surface area contributed by atoms with E-state index in [9.17, 15) is 10.1 Å². The summed E-state index contributed by atoms with van der Waals surface area (Å²) in [4.78, 5) is 18.1. The summed E-state index contributed by atoms with van der Waals surface area (Å²) in [6, 6.07) is 9.79. The lowest BCUT2D eigenvalue weighted by molar-refractivity contribution is -0.384. The molecule has 0 amide bonds. The first-order chi connectivity index (χ1) is 9.20. The van der Waals surface area contributed by atoms with Crippen molar-refractivity contribution in [3.05, 3.63) is 52.7 Å². The van der Waals surface area contributed by atoms with E-state index in [-0.39, 0.29) is 11.5 Å². The van der Waals surface area contributed by atoms with Crippen LogP contribution in [0.1, 0.15) is 0 Å². The molecule has 0 aliphatic carbocycles. The van der Waals surface area contributed by atoms with Crippen molar-refractivity contribution >= 4 is 40.3 Å². The van der Waals surface area contributed by atoms with Gasteiger partial charge in [-0.25, -0.2) is 4.98 Å². The molecule has 19 heavy (non-hydrogen) atoms. The molecule has 0 atom stereocenters. The highest BCUT2D eigenvalue weighted by molar-refractivity contribution is 7.78. The fourth-order valence-corrected chi connectivity index (χ4v) is 1.55. The standard InChI is InChI=1S/C12H8N4O2S/c17-16(18)11-2-1-7-13-12(11)15-10-5-3-9(4-6-10)14-8-19/h1-7H,(H,13,15). The number of aromatic nitrogens is 1. The predicted molar refractivity (Wildman–Crippen MR) is 75.3 cm³/mol. The number of thiocarbonyl (C=S) groups is 1. The van der Waals surface area contributed by atoms with Crippen LogP contribution in [0.4, 0.5) is 22.9 Å². The maximum atomic E-state index is 10.8. The first-order valence-electron chi connectivity index (χ1n) is 5.25. The van der Waals surface area contributed by atoms with Crippen LogP contribution < -0.4 is 5.32 Å². The molecule has 94 valence electrons. The highest BCUT2D eigenvalue weighted by Gasteiger charge is 2.13. The number of isothiocyanates is 1. The largest absolute Gasteiger partial charge is 0.334 e. The molecule has 0 fully saturated rings. The van der Waals surface area contributed by atoms with E-state index in [2.05, 4.69) is 32.7 Å².